The molecule has 1 fully saturated rings. The molecular weight excluding hydrogens is 442 g/mol. The third-order valence-electron chi connectivity index (χ3n) is 5.78. The summed E-state index contributed by atoms with van der Waals surface area (Å²) in [6.45, 7) is 1.81. The first-order valence-corrected chi connectivity index (χ1v) is 11.3. The fraction of sp³-hybridized carbons (Fsp3) is 0.0769. The number of thiophene rings is 1. The number of nitrogens with zero attached hydrogens (tertiary/aromatic N) is 1. The molecule has 1 aliphatic heterocycles. The van der Waals surface area contributed by atoms with Gasteiger partial charge in [-0.3, -0.25) is 14.5 Å². The molecular formula is C26H18ClNO3S. The number of carbonyl (C=O) groups is 2. The number of Topliss-reactive ketones (excluding diaryl/α,β-unsaturated/α-hetero) is 1. The van der Waals surface area contributed by atoms with Crippen molar-refractivity contribution in [2.45, 2.75) is 13.0 Å². The fourth-order valence-electron chi connectivity index (χ4n) is 4.15. The molecule has 1 N–H and O–H groups in total. The third-order valence-corrected chi connectivity index (χ3v) is 7.11. The van der Waals surface area contributed by atoms with E-state index in [2.05, 4.69) is 0 Å². The first-order chi connectivity index (χ1) is 15.5. The summed E-state index contributed by atoms with van der Waals surface area (Å²) in [6, 6.07) is 21.5. The molecule has 5 rings (SSSR count). The van der Waals surface area contributed by atoms with Gasteiger partial charge in [0.1, 0.15) is 11.8 Å². The zero-order valence-corrected chi connectivity index (χ0v) is 18.7. The van der Waals surface area contributed by atoms with Gasteiger partial charge in [-0.15, -0.1) is 11.3 Å². The lowest BCUT2D eigenvalue weighted by molar-refractivity contribution is -0.132. The molecule has 4 nitrogen and oxygen atoms in total. The minimum atomic E-state index is -0.737. The molecule has 1 aliphatic rings. The van der Waals surface area contributed by atoms with E-state index in [9.17, 15) is 14.7 Å². The zero-order valence-electron chi connectivity index (χ0n) is 17.1. The van der Waals surface area contributed by atoms with Gasteiger partial charge in [-0.1, -0.05) is 60.1 Å². The average molecular weight is 460 g/mol. The van der Waals surface area contributed by atoms with Gasteiger partial charge in [0.2, 0.25) is 0 Å². The highest BCUT2D eigenvalue weighted by Gasteiger charge is 2.47. The summed E-state index contributed by atoms with van der Waals surface area (Å²) in [5, 5.41) is 15.6. The summed E-state index contributed by atoms with van der Waals surface area (Å²) >= 11 is 7.74. The largest absolute Gasteiger partial charge is 0.507 e. The lowest BCUT2D eigenvalue weighted by Crippen LogP contribution is -2.29. The average Bonchev–Trinajstić information content (AvgIpc) is 3.42. The summed E-state index contributed by atoms with van der Waals surface area (Å²) in [7, 11) is 0. The molecule has 1 saturated heterocycles. The summed E-state index contributed by atoms with van der Waals surface area (Å²) in [4.78, 5) is 28.7. The van der Waals surface area contributed by atoms with Crippen LogP contribution in [0.1, 0.15) is 22.0 Å². The van der Waals surface area contributed by atoms with Crippen LogP contribution in [0.4, 0.5) is 5.69 Å². The Balaban J connectivity index is 1.74. The maximum absolute atomic E-state index is 13.2. The lowest BCUT2D eigenvalue weighted by atomic mass is 9.98. The number of rotatable bonds is 3. The van der Waals surface area contributed by atoms with E-state index < -0.39 is 17.7 Å². The predicted octanol–water partition coefficient (Wildman–Crippen LogP) is 6.49. The number of carbonyl (C=O) groups excluding carboxylic acids is 2. The van der Waals surface area contributed by atoms with Crippen LogP contribution in [0.5, 0.6) is 0 Å². The topological polar surface area (TPSA) is 57.6 Å². The van der Waals surface area contributed by atoms with Crippen LogP contribution in [-0.4, -0.2) is 16.8 Å². The first kappa shape index (κ1) is 20.5. The van der Waals surface area contributed by atoms with E-state index in [0.29, 0.717) is 21.8 Å². The second-order valence-corrected chi connectivity index (χ2v) is 9.02. The quantitative estimate of drug-likeness (QED) is 0.216. The maximum Gasteiger partial charge on any atom is 0.300 e. The number of ketones is 1. The van der Waals surface area contributed by atoms with Gasteiger partial charge in [-0.2, -0.15) is 0 Å². The monoisotopic (exact) mass is 459 g/mol. The molecule has 0 spiro atoms. The van der Waals surface area contributed by atoms with Gasteiger partial charge in [0.05, 0.1) is 5.57 Å². The van der Waals surface area contributed by atoms with Crippen molar-refractivity contribution in [1.29, 1.82) is 0 Å². The van der Waals surface area contributed by atoms with Crippen molar-refractivity contribution in [3.8, 4) is 0 Å². The highest BCUT2D eigenvalue weighted by molar-refractivity contribution is 7.10. The first-order valence-electron chi connectivity index (χ1n) is 10.1. The van der Waals surface area contributed by atoms with E-state index in [1.165, 1.54) is 16.2 Å². The summed E-state index contributed by atoms with van der Waals surface area (Å²) in [6.07, 6.45) is 0. The van der Waals surface area contributed by atoms with Gasteiger partial charge in [-0.05, 0) is 52.9 Å². The van der Waals surface area contributed by atoms with Crippen LogP contribution in [0.3, 0.4) is 0 Å². The number of hydrogen-bond acceptors (Lipinski definition) is 4. The standard InChI is InChI=1S/C26H18ClNO3S/c1-15-19(27)8-4-9-20(15)28-23(21-10-5-13-32-21)22(25(30)26(28)31)24(29)18-12-11-16-6-2-3-7-17(16)14-18/h2-14,23,29H,1H3/b24-22-. The number of halogens is 1. The van der Waals surface area contributed by atoms with Crippen LogP contribution >= 0.6 is 22.9 Å². The Morgan fingerprint density at radius 3 is 2.50 bits per heavy atom. The number of aliphatic hydroxyl groups excluding tert-OH is 1. The highest BCUT2D eigenvalue weighted by atomic mass is 35.5. The Labute approximate surface area is 194 Å². The Kier molecular flexibility index (Phi) is 5.08. The second kappa shape index (κ2) is 7.93. The molecule has 158 valence electrons. The maximum atomic E-state index is 13.2. The summed E-state index contributed by atoms with van der Waals surface area (Å²) < 4.78 is 0. The van der Waals surface area contributed by atoms with Gasteiger partial charge in [-0.25, -0.2) is 0 Å². The highest BCUT2D eigenvalue weighted by Crippen LogP contribution is 2.45. The predicted molar refractivity (Wildman–Crippen MR) is 129 cm³/mol. The molecule has 0 radical (unpaired) electrons. The second-order valence-electron chi connectivity index (χ2n) is 7.63. The molecule has 1 atom stereocenters. The molecule has 0 saturated carbocycles. The molecule has 0 bridgehead atoms. The Morgan fingerprint density at radius 1 is 0.969 bits per heavy atom. The third kappa shape index (κ3) is 3.22. The van der Waals surface area contributed by atoms with E-state index in [1.807, 2.05) is 60.8 Å². The lowest BCUT2D eigenvalue weighted by Gasteiger charge is -2.26. The molecule has 6 heteroatoms. The molecule has 3 aromatic carbocycles. The van der Waals surface area contributed by atoms with Crippen molar-refractivity contribution < 1.29 is 14.7 Å². The van der Waals surface area contributed by atoms with Gasteiger partial charge in [0.15, 0.2) is 0 Å². The van der Waals surface area contributed by atoms with Crippen molar-refractivity contribution in [1.82, 2.24) is 0 Å². The van der Waals surface area contributed by atoms with Crippen molar-refractivity contribution >= 4 is 56.8 Å². The number of anilines is 1. The van der Waals surface area contributed by atoms with Crippen LogP contribution < -0.4 is 4.90 Å². The van der Waals surface area contributed by atoms with Crippen LogP contribution in [0.2, 0.25) is 5.02 Å². The summed E-state index contributed by atoms with van der Waals surface area (Å²) in [5.74, 6) is -1.58. The van der Waals surface area contributed by atoms with Crippen LogP contribution in [-0.2, 0) is 9.59 Å². The number of benzene rings is 3. The van der Waals surface area contributed by atoms with Crippen LogP contribution in [0, 0.1) is 6.92 Å². The zero-order chi connectivity index (χ0) is 22.4. The minimum Gasteiger partial charge on any atom is -0.507 e. The molecule has 32 heavy (non-hydrogen) atoms. The van der Waals surface area contributed by atoms with E-state index in [1.54, 1.807) is 24.3 Å². The molecule has 4 aromatic rings. The van der Waals surface area contributed by atoms with Gasteiger partial charge in [0.25, 0.3) is 11.7 Å². The van der Waals surface area contributed by atoms with Crippen LogP contribution in [0.25, 0.3) is 16.5 Å². The van der Waals surface area contributed by atoms with Crippen molar-refractivity contribution in [3.05, 3.63) is 105 Å². The molecule has 2 heterocycles. The number of amides is 1. The minimum absolute atomic E-state index is 0.0760. The molecule has 1 aromatic heterocycles. The summed E-state index contributed by atoms with van der Waals surface area (Å²) in [5.41, 5.74) is 1.82. The van der Waals surface area contributed by atoms with Gasteiger partial charge >= 0.3 is 0 Å². The van der Waals surface area contributed by atoms with E-state index in [4.69, 9.17) is 11.6 Å². The van der Waals surface area contributed by atoms with E-state index in [-0.39, 0.29) is 11.3 Å². The number of aliphatic hydroxyl groups is 1. The van der Waals surface area contributed by atoms with Crippen molar-refractivity contribution in [3.63, 3.8) is 0 Å². The SMILES string of the molecule is Cc1c(Cl)cccc1N1C(=O)C(=O)/C(=C(\O)c2ccc3ccccc3c2)C1c1cccs1. The van der Waals surface area contributed by atoms with Crippen LogP contribution in [0.15, 0.2) is 83.7 Å². The molecule has 1 amide bonds. The normalized spacial score (nSPS) is 17.9. The molecule has 1 unspecified atom stereocenters. The Morgan fingerprint density at radius 2 is 1.75 bits per heavy atom. The van der Waals surface area contributed by atoms with Crippen molar-refractivity contribution in [2.75, 3.05) is 4.90 Å². The van der Waals surface area contributed by atoms with Gasteiger partial charge in [0, 0.05) is 21.2 Å². The Hall–Kier alpha value is -3.41. The number of hydrogen-bond donors (Lipinski definition) is 1. The number of fused-ring (bicyclic) bond motifs is 1. The van der Waals surface area contributed by atoms with E-state index in [0.717, 1.165) is 15.6 Å². The Bertz CT molecular complexity index is 1410. The fourth-order valence-corrected chi connectivity index (χ4v) is 5.14. The van der Waals surface area contributed by atoms with Crippen molar-refractivity contribution in [2.24, 2.45) is 0 Å². The van der Waals surface area contributed by atoms with E-state index >= 15 is 0 Å². The molecule has 0 aliphatic carbocycles. The smallest absolute Gasteiger partial charge is 0.300 e. The van der Waals surface area contributed by atoms with Gasteiger partial charge < -0.3 is 5.11 Å².